The summed E-state index contributed by atoms with van der Waals surface area (Å²) in [5, 5.41) is 17.8. The molecule has 3 rings (SSSR count). The van der Waals surface area contributed by atoms with Crippen molar-refractivity contribution in [2.24, 2.45) is 10.9 Å². The van der Waals surface area contributed by atoms with E-state index in [0.29, 0.717) is 5.57 Å². The number of carbonyl (C=O) groups excluding carboxylic acids is 2. The minimum Gasteiger partial charge on any atom is -0.455 e. The number of nitrogens with zero attached hydrogens (tertiary/aromatic N) is 4. The highest BCUT2D eigenvalue weighted by Crippen LogP contribution is 2.48. The van der Waals surface area contributed by atoms with Gasteiger partial charge in [0.25, 0.3) is 5.91 Å². The number of thioether (sulfide) groups is 2. The van der Waals surface area contributed by atoms with Crippen LogP contribution in [0.2, 0.25) is 0 Å². The van der Waals surface area contributed by atoms with Crippen molar-refractivity contribution in [1.29, 1.82) is 0 Å². The number of aromatic nitrogens is 4. The van der Waals surface area contributed by atoms with Crippen LogP contribution in [-0.4, -0.2) is 86.4 Å². The number of methoxy groups -OCH3 is 1. The van der Waals surface area contributed by atoms with E-state index in [0.717, 1.165) is 11.8 Å². The fourth-order valence-corrected chi connectivity index (χ4v) is 6.53. The first-order valence-electron chi connectivity index (χ1n) is 9.43. The molecule has 0 aromatic carbocycles. The molecule has 0 saturated carbocycles. The maximum atomic E-state index is 13.2. The predicted molar refractivity (Wildman–Crippen MR) is 116 cm³/mol. The van der Waals surface area contributed by atoms with Crippen molar-refractivity contribution in [2.45, 2.75) is 54.3 Å². The number of amides is 1. The van der Waals surface area contributed by atoms with E-state index in [-0.39, 0.29) is 28.8 Å². The Morgan fingerprint density at radius 2 is 2.16 bits per heavy atom. The number of esters is 1. The number of nitrogens with two attached hydrogens (primary N) is 2. The second-order valence-electron chi connectivity index (χ2n) is 8.17. The van der Waals surface area contributed by atoms with Crippen molar-refractivity contribution in [2.75, 3.05) is 18.6 Å². The predicted octanol–water partition coefficient (Wildman–Crippen LogP) is -0.849. The van der Waals surface area contributed by atoms with Gasteiger partial charge in [0.05, 0.1) is 5.75 Å². The van der Waals surface area contributed by atoms with E-state index in [1.54, 1.807) is 20.8 Å². The van der Waals surface area contributed by atoms with E-state index in [4.69, 9.17) is 20.3 Å². The Morgan fingerprint density at radius 1 is 1.47 bits per heavy atom. The zero-order valence-corrected chi connectivity index (χ0v) is 20.3. The van der Waals surface area contributed by atoms with Gasteiger partial charge in [-0.05, 0) is 38.0 Å². The minimum atomic E-state index is -3.79. The number of nitrogens with one attached hydrogen (secondary N) is 1. The highest BCUT2D eigenvalue weighted by atomic mass is 32.2. The fraction of sp³-hybridized carbons (Fsp3) is 0.688. The molecule has 0 spiro atoms. The second kappa shape index (κ2) is 8.90. The Labute approximate surface area is 193 Å². The van der Waals surface area contributed by atoms with Gasteiger partial charge < -0.3 is 9.47 Å². The van der Waals surface area contributed by atoms with Gasteiger partial charge in [-0.25, -0.2) is 18.4 Å². The number of H-pyrrole nitrogens is 1. The van der Waals surface area contributed by atoms with E-state index in [9.17, 15) is 18.0 Å². The van der Waals surface area contributed by atoms with Crippen molar-refractivity contribution in [1.82, 2.24) is 25.5 Å². The molecule has 1 saturated heterocycles. The first kappa shape index (κ1) is 24.9. The van der Waals surface area contributed by atoms with Crippen LogP contribution in [0.5, 0.6) is 0 Å². The van der Waals surface area contributed by atoms with Gasteiger partial charge in [0, 0.05) is 18.1 Å². The van der Waals surface area contributed by atoms with Crippen molar-refractivity contribution >= 4 is 45.4 Å². The number of aromatic amines is 1. The van der Waals surface area contributed by atoms with Crippen LogP contribution in [0.1, 0.15) is 27.2 Å². The molecule has 0 radical (unpaired) electrons. The Balaban J connectivity index is 2.06. The van der Waals surface area contributed by atoms with Crippen LogP contribution in [0, 0.1) is 0 Å². The zero-order chi connectivity index (χ0) is 23.9. The number of fused-ring (bicyclic) bond motifs is 1. The first-order valence-corrected chi connectivity index (χ1v) is 13.1. The average molecular weight is 508 g/mol. The number of carbonyl (C=O) groups is 2. The molecule has 5 N–H and O–H groups in total. The van der Waals surface area contributed by atoms with Crippen LogP contribution in [0.4, 0.5) is 0 Å². The van der Waals surface area contributed by atoms with E-state index in [1.165, 1.54) is 23.8 Å². The van der Waals surface area contributed by atoms with Crippen LogP contribution >= 0.6 is 23.5 Å². The van der Waals surface area contributed by atoms with Crippen molar-refractivity contribution < 1.29 is 27.5 Å². The quantitative estimate of drug-likeness (QED) is 0.171. The van der Waals surface area contributed by atoms with Crippen LogP contribution in [0.25, 0.3) is 0 Å². The summed E-state index contributed by atoms with van der Waals surface area (Å²) in [6.07, 6.45) is 0.0466. The molecule has 2 aliphatic heterocycles. The highest BCUT2D eigenvalue weighted by Gasteiger charge is 2.64. The van der Waals surface area contributed by atoms with Crippen molar-refractivity contribution in [3.8, 4) is 0 Å². The summed E-state index contributed by atoms with van der Waals surface area (Å²) in [5.41, 5.74) is 4.20. The molecule has 1 aromatic rings. The fourth-order valence-electron chi connectivity index (χ4n) is 3.23. The Bertz CT molecular complexity index is 1020. The summed E-state index contributed by atoms with van der Waals surface area (Å²) in [4.78, 5) is 27.3. The molecule has 32 heavy (non-hydrogen) atoms. The number of tetrazole rings is 1. The number of rotatable bonds is 8. The summed E-state index contributed by atoms with van der Waals surface area (Å²) in [6, 6.07) is 0. The van der Waals surface area contributed by atoms with Gasteiger partial charge >= 0.3 is 5.97 Å². The van der Waals surface area contributed by atoms with Gasteiger partial charge in [0.2, 0.25) is 20.9 Å². The van der Waals surface area contributed by atoms with Gasteiger partial charge in [-0.2, -0.15) is 5.21 Å². The standard InChI is InChI=1S/C16H25N7O6S3/c1-15(2,3)29-11(24)10-8(7-30-13-16(17,28-4)12(25)23(10)13)9(5-6-32(18,26)27)31-14-19-21-22-20-14/h9,13H,5-7,17H2,1-4H3,(H2,18,26,27)(H,19,20,21,22)/t9?,13-,16+/m1/s1. The summed E-state index contributed by atoms with van der Waals surface area (Å²) >= 11 is 2.40. The van der Waals surface area contributed by atoms with Gasteiger partial charge in [-0.1, -0.05) is 11.8 Å². The van der Waals surface area contributed by atoms with Gasteiger partial charge in [-0.3, -0.25) is 15.4 Å². The third-order valence-corrected chi connectivity index (χ3v) is 8.00. The molecule has 16 heteroatoms. The summed E-state index contributed by atoms with van der Waals surface area (Å²) in [6.45, 7) is 5.10. The average Bonchev–Trinajstić information content (AvgIpc) is 3.20. The van der Waals surface area contributed by atoms with E-state index in [2.05, 4.69) is 20.6 Å². The normalized spacial score (nSPS) is 24.8. The van der Waals surface area contributed by atoms with Crippen LogP contribution in [0.3, 0.4) is 0 Å². The molecule has 3 atom stereocenters. The molecule has 178 valence electrons. The highest BCUT2D eigenvalue weighted by molar-refractivity contribution is 8.01. The number of β-lactam (4-membered cyclic amide) rings is 1. The first-order chi connectivity index (χ1) is 14.8. The number of sulfonamides is 1. The van der Waals surface area contributed by atoms with Crippen molar-refractivity contribution in [3.63, 3.8) is 0 Å². The van der Waals surface area contributed by atoms with Gasteiger partial charge in [0.15, 0.2) is 0 Å². The maximum Gasteiger partial charge on any atom is 0.355 e. The lowest BCUT2D eigenvalue weighted by Gasteiger charge is -2.54. The third kappa shape index (κ3) is 5.09. The largest absolute Gasteiger partial charge is 0.455 e. The SMILES string of the molecule is CO[C@@]1(N)C(=O)N2C(C(=O)OC(C)(C)C)=C(C(CCS(N)(=O)=O)Sc3nn[nH]n3)CS[C@@H]21. The zero-order valence-electron chi connectivity index (χ0n) is 17.9. The van der Waals surface area contributed by atoms with Crippen LogP contribution < -0.4 is 10.9 Å². The summed E-state index contributed by atoms with van der Waals surface area (Å²) in [5.74, 6) is -1.40. The maximum absolute atomic E-state index is 13.2. The number of primary sulfonamides is 1. The van der Waals surface area contributed by atoms with Gasteiger partial charge in [0.1, 0.15) is 16.7 Å². The Hall–Kier alpha value is -1.72. The van der Waals surface area contributed by atoms with E-state index >= 15 is 0 Å². The number of ether oxygens (including phenoxy) is 2. The third-order valence-electron chi connectivity index (χ3n) is 4.65. The molecule has 2 aliphatic rings. The topological polar surface area (TPSA) is 196 Å². The minimum absolute atomic E-state index is 0.0159. The molecular formula is C16H25N7O6S3. The number of hydrogen-bond donors (Lipinski definition) is 3. The molecule has 0 bridgehead atoms. The lowest BCUT2D eigenvalue weighted by molar-refractivity contribution is -0.184. The molecule has 1 aromatic heterocycles. The lowest BCUT2D eigenvalue weighted by atomic mass is 9.98. The molecule has 1 fully saturated rings. The van der Waals surface area contributed by atoms with Crippen LogP contribution in [-0.2, 0) is 29.1 Å². The Kier molecular flexibility index (Phi) is 6.93. The molecule has 0 aliphatic carbocycles. The van der Waals surface area contributed by atoms with Gasteiger partial charge in [-0.15, -0.1) is 22.0 Å². The molecule has 3 heterocycles. The molecular weight excluding hydrogens is 482 g/mol. The monoisotopic (exact) mass is 507 g/mol. The van der Waals surface area contributed by atoms with E-state index < -0.39 is 43.8 Å². The smallest absolute Gasteiger partial charge is 0.355 e. The second-order valence-corrected chi connectivity index (χ2v) is 12.1. The Morgan fingerprint density at radius 3 is 2.69 bits per heavy atom. The number of hydrogen-bond acceptors (Lipinski definition) is 12. The lowest BCUT2D eigenvalue weighted by Crippen LogP contribution is -2.79. The summed E-state index contributed by atoms with van der Waals surface area (Å²) < 4.78 is 34.0. The summed E-state index contributed by atoms with van der Waals surface area (Å²) in [7, 11) is -2.47. The molecule has 1 unspecified atom stereocenters. The molecule has 13 nitrogen and oxygen atoms in total. The van der Waals surface area contributed by atoms with Crippen molar-refractivity contribution in [3.05, 3.63) is 11.3 Å². The molecule has 1 amide bonds. The van der Waals surface area contributed by atoms with Crippen LogP contribution in [0.15, 0.2) is 16.4 Å². The van der Waals surface area contributed by atoms with E-state index in [1.807, 2.05) is 0 Å².